The second-order valence-electron chi connectivity index (χ2n) is 8.65. The van der Waals surface area contributed by atoms with Crippen LogP contribution in [0.1, 0.15) is 15.9 Å². The molecular weight excluding hydrogens is 516 g/mol. The lowest BCUT2D eigenvalue weighted by molar-refractivity contribution is -0.139. The average molecular weight is 549 g/mol. The van der Waals surface area contributed by atoms with Crippen molar-refractivity contribution in [1.29, 1.82) is 0 Å². The number of hydrogen-bond acceptors (Lipinski definition) is 7. The van der Waals surface area contributed by atoms with Crippen molar-refractivity contribution in [2.45, 2.75) is 11.7 Å². The highest BCUT2D eigenvalue weighted by molar-refractivity contribution is 8.01. The fraction of sp³-hybridized carbons (Fsp3) is 0.423. The van der Waals surface area contributed by atoms with Crippen molar-refractivity contribution in [3.63, 3.8) is 0 Å². The third-order valence-electron chi connectivity index (χ3n) is 6.16. The number of benzene rings is 2. The summed E-state index contributed by atoms with van der Waals surface area (Å²) in [5.74, 6) is -1.68. The van der Waals surface area contributed by atoms with Crippen LogP contribution >= 0.6 is 23.4 Å². The number of carbonyl (C=O) groups is 3. The number of halogens is 1. The van der Waals surface area contributed by atoms with Crippen molar-refractivity contribution in [1.82, 2.24) is 9.80 Å². The van der Waals surface area contributed by atoms with Crippen molar-refractivity contribution in [2.24, 2.45) is 5.73 Å². The summed E-state index contributed by atoms with van der Waals surface area (Å²) in [5, 5.41) is 18.3. The summed E-state index contributed by atoms with van der Waals surface area (Å²) in [6, 6.07) is 14.3. The van der Waals surface area contributed by atoms with E-state index < -0.39 is 17.1 Å². The topological polar surface area (TPSA) is 127 Å². The van der Waals surface area contributed by atoms with E-state index in [1.54, 1.807) is 24.3 Å². The monoisotopic (exact) mass is 548 g/mol. The molecule has 0 radical (unpaired) electrons. The van der Waals surface area contributed by atoms with Crippen LogP contribution in [0.3, 0.4) is 0 Å². The van der Waals surface area contributed by atoms with Crippen molar-refractivity contribution in [3.05, 3.63) is 64.7 Å². The maximum Gasteiger partial charge on any atom is 0.326 e. The standard InChI is InChI=1S/C26H33ClN4O5S/c27-21-5-1-19(2-6-21)9-11-29-12-14-30(15-13-29)24(33)20-3-7-22(8-4-20)31(16-17-32)25(34)23(26(35)36)37-18-10-28/h1-8,23,32H,9-18,28H2,(H,35,36)/t23-/m1/s1. The summed E-state index contributed by atoms with van der Waals surface area (Å²) in [6.45, 7) is 3.58. The van der Waals surface area contributed by atoms with Crippen LogP contribution < -0.4 is 10.6 Å². The number of amides is 2. The van der Waals surface area contributed by atoms with Crippen LogP contribution in [0, 0.1) is 0 Å². The second-order valence-corrected chi connectivity index (χ2v) is 10.3. The maximum absolute atomic E-state index is 13.1. The lowest BCUT2D eigenvalue weighted by Gasteiger charge is -2.35. The molecule has 1 heterocycles. The predicted octanol–water partition coefficient (Wildman–Crippen LogP) is 1.81. The van der Waals surface area contributed by atoms with Crippen molar-refractivity contribution < 1.29 is 24.6 Å². The van der Waals surface area contributed by atoms with Gasteiger partial charge in [-0.05, 0) is 48.4 Å². The SMILES string of the molecule is NCCS[C@@H](C(=O)O)C(=O)N(CCO)c1ccc(C(=O)N2CCN(CCc3ccc(Cl)cc3)CC2)cc1. The molecule has 11 heteroatoms. The molecule has 1 saturated heterocycles. The molecule has 1 aliphatic rings. The van der Waals surface area contributed by atoms with Crippen molar-refractivity contribution in [3.8, 4) is 0 Å². The average Bonchev–Trinajstić information content (AvgIpc) is 2.91. The van der Waals surface area contributed by atoms with Gasteiger partial charge in [0.15, 0.2) is 5.25 Å². The fourth-order valence-corrected chi connectivity index (χ4v) is 5.03. The Balaban J connectivity index is 1.57. The number of thioether (sulfide) groups is 1. The van der Waals surface area contributed by atoms with Crippen LogP contribution in [0.15, 0.2) is 48.5 Å². The first-order valence-corrected chi connectivity index (χ1v) is 13.6. The summed E-state index contributed by atoms with van der Waals surface area (Å²) < 4.78 is 0. The third-order valence-corrected chi connectivity index (χ3v) is 7.62. The highest BCUT2D eigenvalue weighted by Gasteiger charge is 2.32. The minimum atomic E-state index is -1.33. The van der Waals surface area contributed by atoms with E-state index in [-0.39, 0.29) is 25.6 Å². The molecule has 0 saturated carbocycles. The smallest absolute Gasteiger partial charge is 0.326 e. The first kappa shape index (κ1) is 28.9. The van der Waals surface area contributed by atoms with Gasteiger partial charge in [0.05, 0.1) is 6.61 Å². The van der Waals surface area contributed by atoms with Crippen LogP contribution in [-0.4, -0.2) is 101 Å². The van der Waals surface area contributed by atoms with Crippen molar-refractivity contribution in [2.75, 3.05) is 63.1 Å². The van der Waals surface area contributed by atoms with E-state index in [0.717, 1.165) is 42.8 Å². The van der Waals surface area contributed by atoms with Gasteiger partial charge >= 0.3 is 5.97 Å². The normalized spacial score (nSPS) is 14.8. The maximum atomic E-state index is 13.1. The number of carboxylic acid groups (broad SMARTS) is 1. The highest BCUT2D eigenvalue weighted by atomic mass is 35.5. The molecule has 0 spiro atoms. The van der Waals surface area contributed by atoms with E-state index in [2.05, 4.69) is 4.90 Å². The molecular formula is C26H33ClN4O5S. The van der Waals surface area contributed by atoms with Gasteiger partial charge in [0, 0.05) is 67.8 Å². The number of aliphatic hydroxyl groups is 1. The summed E-state index contributed by atoms with van der Waals surface area (Å²) in [5.41, 5.74) is 7.59. The second kappa shape index (κ2) is 14.3. The van der Waals surface area contributed by atoms with Crippen LogP contribution in [0.4, 0.5) is 5.69 Å². The van der Waals surface area contributed by atoms with Crippen LogP contribution in [0.2, 0.25) is 5.02 Å². The van der Waals surface area contributed by atoms with Gasteiger partial charge in [-0.15, -0.1) is 11.8 Å². The lowest BCUT2D eigenvalue weighted by Crippen LogP contribution is -2.49. The molecule has 37 heavy (non-hydrogen) atoms. The third kappa shape index (κ3) is 8.18. The first-order chi connectivity index (χ1) is 17.8. The van der Waals surface area contributed by atoms with Gasteiger partial charge in [0.25, 0.3) is 11.8 Å². The number of anilines is 1. The van der Waals surface area contributed by atoms with E-state index in [9.17, 15) is 24.6 Å². The molecule has 3 rings (SSSR count). The molecule has 2 amide bonds. The Bertz CT molecular complexity index is 1050. The van der Waals surface area contributed by atoms with Gasteiger partial charge in [-0.1, -0.05) is 23.7 Å². The molecule has 4 N–H and O–H groups in total. The molecule has 200 valence electrons. The Hall–Kier alpha value is -2.63. The molecule has 2 aromatic carbocycles. The van der Waals surface area contributed by atoms with Crippen LogP contribution in [0.25, 0.3) is 0 Å². The van der Waals surface area contributed by atoms with E-state index in [1.807, 2.05) is 29.2 Å². The number of piperazine rings is 1. The van der Waals surface area contributed by atoms with Crippen molar-refractivity contribution >= 4 is 46.8 Å². The summed E-state index contributed by atoms with van der Waals surface area (Å²) >= 11 is 6.90. The number of nitrogens with two attached hydrogens (primary N) is 1. The lowest BCUT2D eigenvalue weighted by atomic mass is 10.1. The largest absolute Gasteiger partial charge is 0.480 e. The minimum absolute atomic E-state index is 0.0585. The fourth-order valence-electron chi connectivity index (χ4n) is 4.12. The summed E-state index contributed by atoms with van der Waals surface area (Å²) in [7, 11) is 0. The molecule has 2 aromatic rings. The first-order valence-electron chi connectivity index (χ1n) is 12.2. The Kier molecular flexibility index (Phi) is 11.2. The number of rotatable bonds is 12. The number of carboxylic acids is 1. The van der Waals surface area contributed by atoms with Crippen LogP contribution in [0.5, 0.6) is 0 Å². The minimum Gasteiger partial charge on any atom is -0.480 e. The number of nitrogens with zero attached hydrogens (tertiary/aromatic N) is 3. The molecule has 1 atom stereocenters. The predicted molar refractivity (Wildman–Crippen MR) is 146 cm³/mol. The molecule has 9 nitrogen and oxygen atoms in total. The van der Waals surface area contributed by atoms with Gasteiger partial charge in [-0.25, -0.2) is 0 Å². The molecule has 0 unspecified atom stereocenters. The highest BCUT2D eigenvalue weighted by Crippen LogP contribution is 2.22. The molecule has 1 aliphatic heterocycles. The molecule has 1 fully saturated rings. The van der Waals surface area contributed by atoms with Gasteiger partial charge in [0.2, 0.25) is 0 Å². The zero-order valence-corrected chi connectivity index (χ0v) is 22.2. The van der Waals surface area contributed by atoms with E-state index >= 15 is 0 Å². The number of carbonyl (C=O) groups excluding carboxylic acids is 2. The van der Waals surface area contributed by atoms with E-state index in [0.29, 0.717) is 30.1 Å². The van der Waals surface area contributed by atoms with E-state index in [1.165, 1.54) is 10.5 Å². The number of aliphatic carboxylic acids is 1. The Labute approximate surface area is 226 Å². The molecule has 0 aromatic heterocycles. The Morgan fingerprint density at radius 3 is 2.24 bits per heavy atom. The van der Waals surface area contributed by atoms with E-state index in [4.69, 9.17) is 17.3 Å². The zero-order chi connectivity index (χ0) is 26.8. The summed E-state index contributed by atoms with van der Waals surface area (Å²) in [6.07, 6.45) is 0.920. The van der Waals surface area contributed by atoms with Crippen LogP contribution in [-0.2, 0) is 16.0 Å². The molecule has 0 bridgehead atoms. The zero-order valence-electron chi connectivity index (χ0n) is 20.6. The number of hydrogen-bond donors (Lipinski definition) is 3. The van der Waals surface area contributed by atoms with Gasteiger partial charge in [-0.3, -0.25) is 19.3 Å². The number of aliphatic hydroxyl groups excluding tert-OH is 1. The van der Waals surface area contributed by atoms with Gasteiger partial charge < -0.3 is 25.7 Å². The Morgan fingerprint density at radius 1 is 1.03 bits per heavy atom. The Morgan fingerprint density at radius 2 is 1.68 bits per heavy atom. The van der Waals surface area contributed by atoms with Gasteiger partial charge in [0.1, 0.15) is 0 Å². The molecule has 0 aliphatic carbocycles. The van der Waals surface area contributed by atoms with Gasteiger partial charge in [-0.2, -0.15) is 0 Å². The quantitative estimate of drug-likeness (QED) is 0.343. The summed E-state index contributed by atoms with van der Waals surface area (Å²) in [4.78, 5) is 43.0.